The van der Waals surface area contributed by atoms with Crippen LogP contribution < -0.4 is 4.74 Å². The molecule has 0 radical (unpaired) electrons. The molecule has 0 bridgehead atoms. The fourth-order valence-electron chi connectivity index (χ4n) is 2.68. The topological polar surface area (TPSA) is 76.0 Å². The molecule has 0 amide bonds. The van der Waals surface area contributed by atoms with Crippen LogP contribution in [0, 0.1) is 5.92 Å². The summed E-state index contributed by atoms with van der Waals surface area (Å²) in [5.41, 5.74) is 4.44. The number of carbonyl (C=O) groups is 1. The Labute approximate surface area is 177 Å². The van der Waals surface area contributed by atoms with Gasteiger partial charge in [0.1, 0.15) is 17.1 Å². The average Bonchev–Trinajstić information content (AvgIpc) is 2.66. The second kappa shape index (κ2) is 9.68. The minimum absolute atomic E-state index is 0.0972. The van der Waals surface area contributed by atoms with Gasteiger partial charge in [-0.25, -0.2) is 4.79 Å². The van der Waals surface area contributed by atoms with E-state index in [4.69, 9.17) is 9.47 Å². The van der Waals surface area contributed by atoms with E-state index in [1.54, 1.807) is 69.3 Å². The van der Waals surface area contributed by atoms with Crippen molar-refractivity contribution in [3.8, 4) is 5.75 Å². The summed E-state index contributed by atoms with van der Waals surface area (Å²) in [4.78, 5) is 11.8. The van der Waals surface area contributed by atoms with Gasteiger partial charge in [-0.15, -0.1) is 0 Å². The van der Waals surface area contributed by atoms with Crippen LogP contribution in [0.5, 0.6) is 5.75 Å². The molecule has 1 atom stereocenters. The number of aliphatic hydroxyl groups is 2. The summed E-state index contributed by atoms with van der Waals surface area (Å²) in [5, 5.41) is 19.7. The monoisotopic (exact) mass is 406 g/mol. The van der Waals surface area contributed by atoms with Gasteiger partial charge in [-0.2, -0.15) is 0 Å². The molecule has 0 saturated carbocycles. The smallest absolute Gasteiger partial charge is 0.508 e. The number of rotatable bonds is 5. The molecule has 1 unspecified atom stereocenters. The number of hydrogen-bond acceptors (Lipinski definition) is 5. The zero-order valence-corrected chi connectivity index (χ0v) is 17.4. The van der Waals surface area contributed by atoms with E-state index in [9.17, 15) is 15.0 Å². The number of benzene rings is 1. The van der Waals surface area contributed by atoms with E-state index >= 15 is 0 Å². The number of carbonyl (C=O) groups excluding carboxylic acids is 1. The highest BCUT2D eigenvalue weighted by Gasteiger charge is 2.19. The molecule has 1 aromatic rings. The first-order chi connectivity index (χ1) is 14.1. The maximum atomic E-state index is 11.8. The molecule has 1 aliphatic carbocycles. The number of ether oxygens (including phenoxy) is 2. The van der Waals surface area contributed by atoms with Crippen LogP contribution in [0.1, 0.15) is 26.3 Å². The fraction of sp³-hybridized carbons (Fsp3) is 0.200. The molecule has 0 aliphatic heterocycles. The Bertz CT molecular complexity index is 975. The van der Waals surface area contributed by atoms with Gasteiger partial charge < -0.3 is 19.7 Å². The third-order valence-electron chi connectivity index (χ3n) is 3.96. The van der Waals surface area contributed by atoms with Gasteiger partial charge in [0.15, 0.2) is 5.76 Å². The van der Waals surface area contributed by atoms with Crippen molar-refractivity contribution in [1.29, 1.82) is 0 Å². The summed E-state index contributed by atoms with van der Waals surface area (Å²) in [6.45, 7) is 12.6. The summed E-state index contributed by atoms with van der Waals surface area (Å²) in [6, 6.07) is 6.87. The minimum Gasteiger partial charge on any atom is -0.508 e. The molecule has 0 aromatic heterocycles. The van der Waals surface area contributed by atoms with Crippen molar-refractivity contribution < 1.29 is 24.5 Å². The van der Waals surface area contributed by atoms with Gasteiger partial charge in [0.2, 0.25) is 0 Å². The van der Waals surface area contributed by atoms with Crippen LogP contribution in [0.3, 0.4) is 0 Å². The lowest BCUT2D eigenvalue weighted by atomic mass is 9.86. The largest absolute Gasteiger partial charge is 0.514 e. The SMILES string of the molecule is C=CC(O)=C=C(C=C)C1C=CC(O)=CC1=Cc1ccc(OC(=O)OC(C)(C)C)cc1. The second-order valence-corrected chi connectivity index (χ2v) is 7.56. The lowest BCUT2D eigenvalue weighted by Gasteiger charge is -2.19. The van der Waals surface area contributed by atoms with Crippen molar-refractivity contribution in [2.45, 2.75) is 26.4 Å². The zero-order valence-electron chi connectivity index (χ0n) is 17.4. The second-order valence-electron chi connectivity index (χ2n) is 7.56. The van der Waals surface area contributed by atoms with Gasteiger partial charge in [-0.1, -0.05) is 49.2 Å². The normalized spacial score (nSPS) is 16.8. The van der Waals surface area contributed by atoms with Crippen LogP contribution in [0.25, 0.3) is 6.08 Å². The number of aliphatic hydroxyl groups excluding tert-OH is 2. The Morgan fingerprint density at radius 1 is 1.17 bits per heavy atom. The van der Waals surface area contributed by atoms with Gasteiger partial charge >= 0.3 is 6.16 Å². The molecule has 0 heterocycles. The van der Waals surface area contributed by atoms with E-state index in [-0.39, 0.29) is 17.4 Å². The lowest BCUT2D eigenvalue weighted by Crippen LogP contribution is -2.25. The van der Waals surface area contributed by atoms with Crippen LogP contribution in [0.2, 0.25) is 0 Å². The Kier molecular flexibility index (Phi) is 7.29. The van der Waals surface area contributed by atoms with Crippen LogP contribution in [0.15, 0.2) is 96.2 Å². The van der Waals surface area contributed by atoms with Crippen molar-refractivity contribution in [2.75, 3.05) is 0 Å². The summed E-state index contributed by atoms with van der Waals surface area (Å²) in [7, 11) is 0. The highest BCUT2D eigenvalue weighted by Crippen LogP contribution is 2.30. The molecule has 2 rings (SSSR count). The van der Waals surface area contributed by atoms with E-state index < -0.39 is 11.8 Å². The summed E-state index contributed by atoms with van der Waals surface area (Å²) >= 11 is 0. The van der Waals surface area contributed by atoms with Crippen LogP contribution in [0.4, 0.5) is 4.79 Å². The van der Waals surface area contributed by atoms with Crippen molar-refractivity contribution in [1.82, 2.24) is 0 Å². The van der Waals surface area contributed by atoms with E-state index in [2.05, 4.69) is 18.9 Å². The van der Waals surface area contributed by atoms with Crippen LogP contribution >= 0.6 is 0 Å². The summed E-state index contributed by atoms with van der Waals surface area (Å²) < 4.78 is 10.3. The maximum absolute atomic E-state index is 11.8. The summed E-state index contributed by atoms with van der Waals surface area (Å²) in [6.07, 6.45) is 8.99. The van der Waals surface area contributed by atoms with Gasteiger partial charge in [0.25, 0.3) is 0 Å². The van der Waals surface area contributed by atoms with Crippen LogP contribution in [-0.4, -0.2) is 22.0 Å². The van der Waals surface area contributed by atoms with Gasteiger partial charge in [-0.3, -0.25) is 0 Å². The Morgan fingerprint density at radius 2 is 1.83 bits per heavy atom. The molecule has 1 aromatic carbocycles. The minimum atomic E-state index is -0.770. The molecule has 156 valence electrons. The maximum Gasteiger partial charge on any atom is 0.514 e. The third-order valence-corrected chi connectivity index (χ3v) is 3.96. The Balaban J connectivity index is 2.29. The molecule has 0 saturated heterocycles. The molecular formula is C25H26O5. The zero-order chi connectivity index (χ0) is 22.3. The van der Waals surface area contributed by atoms with Crippen molar-refractivity contribution in [2.24, 2.45) is 5.92 Å². The predicted molar refractivity (Wildman–Crippen MR) is 118 cm³/mol. The molecule has 30 heavy (non-hydrogen) atoms. The molecule has 5 heteroatoms. The average molecular weight is 406 g/mol. The fourth-order valence-corrected chi connectivity index (χ4v) is 2.68. The molecule has 0 spiro atoms. The van der Waals surface area contributed by atoms with Crippen molar-refractivity contribution >= 4 is 12.2 Å². The standard InChI is InChI=1S/C25H26O5/c1-6-18(15-20(26)7-2)23-13-10-21(27)16-19(23)14-17-8-11-22(12-9-17)29-24(28)30-25(3,4)5/h6-14,16,23,26-27H,1-2H2,3-5H3. The van der Waals surface area contributed by atoms with Gasteiger partial charge in [-0.05, 0) is 62.3 Å². The van der Waals surface area contributed by atoms with Crippen molar-refractivity contribution in [3.63, 3.8) is 0 Å². The highest BCUT2D eigenvalue weighted by atomic mass is 16.7. The molecule has 1 aliphatic rings. The number of allylic oxidation sites excluding steroid dienone is 6. The summed E-state index contributed by atoms with van der Waals surface area (Å²) in [5.74, 6) is 0.108. The highest BCUT2D eigenvalue weighted by molar-refractivity contribution is 5.66. The Hall–Kier alpha value is -3.69. The first-order valence-corrected chi connectivity index (χ1v) is 9.37. The van der Waals surface area contributed by atoms with E-state index in [1.165, 1.54) is 6.08 Å². The van der Waals surface area contributed by atoms with E-state index in [1.807, 2.05) is 6.08 Å². The predicted octanol–water partition coefficient (Wildman–Crippen LogP) is 6.35. The van der Waals surface area contributed by atoms with E-state index in [0.29, 0.717) is 11.3 Å². The molecule has 0 fully saturated rings. The lowest BCUT2D eigenvalue weighted by molar-refractivity contribution is 0.0206. The molecular weight excluding hydrogens is 380 g/mol. The van der Waals surface area contributed by atoms with Gasteiger partial charge in [0.05, 0.1) is 0 Å². The first-order valence-electron chi connectivity index (χ1n) is 9.37. The quantitative estimate of drug-likeness (QED) is 0.196. The van der Waals surface area contributed by atoms with E-state index in [0.717, 1.165) is 11.1 Å². The number of hydrogen-bond donors (Lipinski definition) is 2. The molecule has 5 nitrogen and oxygen atoms in total. The van der Waals surface area contributed by atoms with Gasteiger partial charge in [0, 0.05) is 11.5 Å². The van der Waals surface area contributed by atoms with Crippen molar-refractivity contribution in [3.05, 3.63) is 102 Å². The third kappa shape index (κ3) is 6.73. The Morgan fingerprint density at radius 3 is 2.40 bits per heavy atom. The molecule has 2 N–H and O–H groups in total. The first kappa shape index (κ1) is 22.6. The van der Waals surface area contributed by atoms with Crippen LogP contribution in [-0.2, 0) is 4.74 Å².